The van der Waals surface area contributed by atoms with E-state index in [-0.39, 0.29) is 11.1 Å². The van der Waals surface area contributed by atoms with Gasteiger partial charge >= 0.3 is 6.18 Å². The second-order valence-electron chi connectivity index (χ2n) is 6.41. The van der Waals surface area contributed by atoms with Gasteiger partial charge in [0.25, 0.3) is 0 Å². The van der Waals surface area contributed by atoms with Crippen LogP contribution in [-0.4, -0.2) is 19.8 Å². The zero-order chi connectivity index (χ0) is 22.1. The summed E-state index contributed by atoms with van der Waals surface area (Å²) in [5.74, 6) is 1.17. The molecule has 0 unspecified atom stereocenters. The summed E-state index contributed by atoms with van der Waals surface area (Å²) in [7, 11) is 0. The van der Waals surface area contributed by atoms with E-state index in [9.17, 15) is 13.2 Å². The smallest absolute Gasteiger partial charge is 0.416 e. The van der Waals surface area contributed by atoms with Crippen molar-refractivity contribution < 1.29 is 22.6 Å². The molecule has 164 valence electrons. The Balaban J connectivity index is 1.73. The van der Waals surface area contributed by atoms with Crippen LogP contribution < -0.4 is 14.8 Å². The molecule has 2 aromatic carbocycles. The summed E-state index contributed by atoms with van der Waals surface area (Å²) in [6, 6.07) is 8.43. The summed E-state index contributed by atoms with van der Waals surface area (Å²) in [4.78, 5) is 0. The Bertz CT molecular complexity index is 829. The van der Waals surface area contributed by atoms with Crippen molar-refractivity contribution in [3.05, 3.63) is 63.1 Å². The number of hydrogen-bond acceptors (Lipinski definition) is 3. The number of rotatable bonds is 10. The van der Waals surface area contributed by atoms with E-state index in [4.69, 9.17) is 44.3 Å². The number of benzene rings is 2. The van der Waals surface area contributed by atoms with Gasteiger partial charge in [-0.15, -0.1) is 0 Å². The van der Waals surface area contributed by atoms with Gasteiger partial charge in [0.2, 0.25) is 0 Å². The zero-order valence-electron chi connectivity index (χ0n) is 16.2. The molecule has 0 fully saturated rings. The van der Waals surface area contributed by atoms with Crippen LogP contribution in [0.5, 0.6) is 11.5 Å². The number of hydrogen-bond donors (Lipinski definition) is 1. The van der Waals surface area contributed by atoms with Gasteiger partial charge in [0.1, 0.15) is 22.6 Å². The molecule has 0 aliphatic rings. The van der Waals surface area contributed by atoms with Crippen molar-refractivity contribution in [1.29, 1.82) is 0 Å². The Kier molecular flexibility index (Phi) is 9.46. The molecular weight excluding hydrogens is 462 g/mol. The number of anilines is 1. The predicted octanol–water partition coefficient (Wildman–Crippen LogP) is 7.64. The van der Waals surface area contributed by atoms with Gasteiger partial charge in [0.15, 0.2) is 0 Å². The van der Waals surface area contributed by atoms with Gasteiger partial charge in [-0.25, -0.2) is 0 Å². The molecule has 0 aliphatic heterocycles. The van der Waals surface area contributed by atoms with Crippen LogP contribution >= 0.6 is 34.8 Å². The molecule has 30 heavy (non-hydrogen) atoms. The van der Waals surface area contributed by atoms with Crippen LogP contribution in [0.25, 0.3) is 0 Å². The second-order valence-corrected chi connectivity index (χ2v) is 7.83. The van der Waals surface area contributed by atoms with Crippen LogP contribution in [-0.2, 0) is 6.18 Å². The molecule has 3 nitrogen and oxygen atoms in total. The first-order valence-electron chi connectivity index (χ1n) is 9.15. The predicted molar refractivity (Wildman–Crippen MR) is 116 cm³/mol. The van der Waals surface area contributed by atoms with E-state index < -0.39 is 11.7 Å². The number of alkyl halides is 3. The van der Waals surface area contributed by atoms with Crippen molar-refractivity contribution in [2.24, 2.45) is 0 Å². The summed E-state index contributed by atoms with van der Waals surface area (Å²) >= 11 is 17.4. The van der Waals surface area contributed by atoms with E-state index in [0.717, 1.165) is 30.5 Å². The van der Waals surface area contributed by atoms with Crippen LogP contribution in [0.3, 0.4) is 0 Å². The lowest BCUT2D eigenvalue weighted by atomic mass is 10.2. The molecule has 0 aliphatic carbocycles. The lowest BCUT2D eigenvalue weighted by Gasteiger charge is -2.13. The first kappa shape index (κ1) is 24.5. The van der Waals surface area contributed by atoms with Gasteiger partial charge in [-0.2, -0.15) is 13.2 Å². The maximum absolute atomic E-state index is 12.6. The molecule has 0 saturated heterocycles. The summed E-state index contributed by atoms with van der Waals surface area (Å²) in [5, 5.41) is 3.53. The highest BCUT2D eigenvalue weighted by Crippen LogP contribution is 2.33. The Morgan fingerprint density at radius 1 is 1.07 bits per heavy atom. The number of aryl methyl sites for hydroxylation is 1. The minimum atomic E-state index is -4.32. The molecule has 0 bridgehead atoms. The van der Waals surface area contributed by atoms with Gasteiger partial charge < -0.3 is 14.8 Å². The average Bonchev–Trinajstić information content (AvgIpc) is 2.65. The van der Waals surface area contributed by atoms with Crippen molar-refractivity contribution >= 4 is 40.5 Å². The highest BCUT2D eigenvalue weighted by atomic mass is 35.5. The van der Waals surface area contributed by atoms with Crippen LogP contribution in [0, 0.1) is 6.92 Å². The van der Waals surface area contributed by atoms with Crippen LogP contribution in [0.2, 0.25) is 5.02 Å². The molecule has 1 N–H and O–H groups in total. The fraction of sp³-hybridized carbons (Fsp3) is 0.333. The summed E-state index contributed by atoms with van der Waals surface area (Å²) < 4.78 is 49.1. The number of ether oxygens (including phenoxy) is 2. The Morgan fingerprint density at radius 3 is 2.37 bits per heavy atom. The van der Waals surface area contributed by atoms with Gasteiger partial charge in [0, 0.05) is 18.3 Å². The summed E-state index contributed by atoms with van der Waals surface area (Å²) in [6.07, 6.45) is -1.27. The van der Waals surface area contributed by atoms with E-state index in [1.165, 1.54) is 18.2 Å². The lowest BCUT2D eigenvalue weighted by Crippen LogP contribution is -2.07. The Morgan fingerprint density at radius 2 is 1.77 bits per heavy atom. The first-order valence-corrected chi connectivity index (χ1v) is 10.3. The molecule has 2 rings (SSSR count). The molecule has 0 saturated carbocycles. The second kappa shape index (κ2) is 11.6. The third-order valence-corrected chi connectivity index (χ3v) is 4.64. The zero-order valence-corrected chi connectivity index (χ0v) is 18.4. The SMILES string of the molecule is Cc1cc(OCC=C(Cl)Cl)cc(Cl)c1OCCCCNc1ccc(C(F)(F)F)cc1. The van der Waals surface area contributed by atoms with Gasteiger partial charge in [-0.05, 0) is 61.7 Å². The average molecular weight is 483 g/mol. The highest BCUT2D eigenvalue weighted by Gasteiger charge is 2.29. The first-order chi connectivity index (χ1) is 14.2. The summed E-state index contributed by atoms with van der Waals surface area (Å²) in [6.45, 7) is 3.17. The fourth-order valence-corrected chi connectivity index (χ4v) is 3.01. The number of halogens is 6. The normalized spacial score (nSPS) is 11.2. The van der Waals surface area contributed by atoms with E-state index in [2.05, 4.69) is 5.32 Å². The molecular formula is C21H21Cl3F3NO2. The van der Waals surface area contributed by atoms with Crippen LogP contribution in [0.4, 0.5) is 18.9 Å². The van der Waals surface area contributed by atoms with Crippen molar-refractivity contribution in [2.75, 3.05) is 25.1 Å². The van der Waals surface area contributed by atoms with Gasteiger partial charge in [-0.3, -0.25) is 0 Å². The molecule has 0 heterocycles. The third kappa shape index (κ3) is 8.17. The molecule has 0 spiro atoms. The molecule has 0 amide bonds. The maximum Gasteiger partial charge on any atom is 0.416 e. The highest BCUT2D eigenvalue weighted by molar-refractivity contribution is 6.55. The molecule has 0 atom stereocenters. The van der Waals surface area contributed by atoms with E-state index >= 15 is 0 Å². The Labute approximate surface area is 188 Å². The van der Waals surface area contributed by atoms with Gasteiger partial charge in [-0.1, -0.05) is 34.8 Å². The molecule has 0 aromatic heterocycles. The number of nitrogens with one attached hydrogen (secondary N) is 1. The van der Waals surface area contributed by atoms with Crippen molar-refractivity contribution in [3.63, 3.8) is 0 Å². The largest absolute Gasteiger partial charge is 0.492 e. The van der Waals surface area contributed by atoms with Crippen molar-refractivity contribution in [3.8, 4) is 11.5 Å². The van der Waals surface area contributed by atoms with E-state index in [1.54, 1.807) is 6.07 Å². The quantitative estimate of drug-likeness (QED) is 0.353. The van der Waals surface area contributed by atoms with Crippen LogP contribution in [0.15, 0.2) is 47.0 Å². The summed E-state index contributed by atoms with van der Waals surface area (Å²) in [5.41, 5.74) is 0.814. The molecule has 0 radical (unpaired) electrons. The molecule has 9 heteroatoms. The monoisotopic (exact) mass is 481 g/mol. The molecule has 2 aromatic rings. The lowest BCUT2D eigenvalue weighted by molar-refractivity contribution is -0.137. The third-order valence-electron chi connectivity index (χ3n) is 4.05. The maximum atomic E-state index is 12.6. The van der Waals surface area contributed by atoms with E-state index in [0.29, 0.717) is 35.4 Å². The minimum absolute atomic E-state index is 0.130. The van der Waals surface area contributed by atoms with Crippen LogP contribution in [0.1, 0.15) is 24.0 Å². The number of unbranched alkanes of at least 4 members (excludes halogenated alkanes) is 1. The van der Waals surface area contributed by atoms with E-state index in [1.807, 2.05) is 13.0 Å². The topological polar surface area (TPSA) is 30.5 Å². The minimum Gasteiger partial charge on any atom is -0.492 e. The van der Waals surface area contributed by atoms with Crippen molar-refractivity contribution in [2.45, 2.75) is 25.9 Å². The fourth-order valence-electron chi connectivity index (χ4n) is 2.58. The van der Waals surface area contributed by atoms with Gasteiger partial charge in [0.05, 0.1) is 17.2 Å². The van der Waals surface area contributed by atoms with Crippen molar-refractivity contribution in [1.82, 2.24) is 0 Å². The Hall–Kier alpha value is -1.76. The standard InChI is InChI=1S/C21H21Cl3F3NO2/c1-14-12-17(29-11-8-19(23)24)13-18(22)20(14)30-10-3-2-9-28-16-6-4-15(5-7-16)21(25,26)27/h4-8,12-13,28H,2-3,9-11H2,1H3.